The van der Waals surface area contributed by atoms with Crippen LogP contribution in [0.5, 0.6) is 0 Å². The average Bonchev–Trinajstić information content (AvgIpc) is 2.75. The molecular formula is C13H12O2. The molecule has 0 N–H and O–H groups in total. The van der Waals surface area contributed by atoms with Gasteiger partial charge < -0.3 is 4.42 Å². The number of carbonyl (C=O) groups is 1. The minimum absolute atomic E-state index is 0.450. The normalized spacial score (nSPS) is 10.1. The van der Waals surface area contributed by atoms with E-state index in [4.69, 9.17) is 4.42 Å². The molecule has 0 spiro atoms. The summed E-state index contributed by atoms with van der Waals surface area (Å²) in [5.41, 5.74) is 2.25. The second kappa shape index (κ2) is 4.60. The lowest BCUT2D eigenvalue weighted by atomic mass is 10.1. The number of carbonyl (C=O) groups excluding carboxylic acids is 1. The van der Waals surface area contributed by atoms with Crippen molar-refractivity contribution in [3.05, 3.63) is 59.5 Å². The Labute approximate surface area is 88.5 Å². The molecule has 0 unspecified atom stereocenters. The Morgan fingerprint density at radius 2 is 1.87 bits per heavy atom. The molecule has 2 heteroatoms. The largest absolute Gasteiger partial charge is 0.461 e. The van der Waals surface area contributed by atoms with Gasteiger partial charge in [0.05, 0.1) is 6.26 Å². The van der Waals surface area contributed by atoms with E-state index < -0.39 is 0 Å². The van der Waals surface area contributed by atoms with Crippen molar-refractivity contribution in [2.24, 2.45) is 0 Å². The van der Waals surface area contributed by atoms with Crippen molar-refractivity contribution in [1.82, 2.24) is 0 Å². The number of rotatable bonds is 4. The Morgan fingerprint density at radius 1 is 1.07 bits per heavy atom. The third kappa shape index (κ3) is 2.34. The van der Waals surface area contributed by atoms with E-state index in [9.17, 15) is 4.79 Å². The number of hydrogen-bond acceptors (Lipinski definition) is 2. The predicted molar refractivity (Wildman–Crippen MR) is 57.9 cm³/mol. The van der Waals surface area contributed by atoms with Crippen molar-refractivity contribution in [2.45, 2.75) is 12.8 Å². The van der Waals surface area contributed by atoms with Crippen molar-refractivity contribution in [3.63, 3.8) is 0 Å². The maximum atomic E-state index is 10.6. The molecule has 0 fully saturated rings. The Morgan fingerprint density at radius 3 is 2.60 bits per heavy atom. The predicted octanol–water partition coefficient (Wildman–Crippen LogP) is 2.88. The molecule has 0 aliphatic heterocycles. The van der Waals surface area contributed by atoms with Crippen LogP contribution in [-0.2, 0) is 12.8 Å². The highest BCUT2D eigenvalue weighted by molar-refractivity contribution is 5.72. The highest BCUT2D eigenvalue weighted by Gasteiger charge is 2.04. The zero-order chi connectivity index (χ0) is 10.5. The first kappa shape index (κ1) is 9.71. The molecule has 0 saturated heterocycles. The fraction of sp³-hybridized carbons (Fsp3) is 0.154. The summed E-state index contributed by atoms with van der Waals surface area (Å²) < 4.78 is 5.03. The van der Waals surface area contributed by atoms with Gasteiger partial charge in [0.25, 0.3) is 0 Å². The summed E-state index contributed by atoms with van der Waals surface area (Å²) in [6.07, 6.45) is 4.10. The number of aryl methyl sites for hydroxylation is 2. The molecule has 2 rings (SSSR count). The van der Waals surface area contributed by atoms with Crippen LogP contribution in [-0.4, -0.2) is 6.29 Å². The average molecular weight is 200 g/mol. The first-order valence-electron chi connectivity index (χ1n) is 4.95. The summed E-state index contributed by atoms with van der Waals surface area (Å²) in [4.78, 5) is 10.6. The molecule has 0 saturated carbocycles. The lowest BCUT2D eigenvalue weighted by molar-refractivity contribution is 0.109. The van der Waals surface area contributed by atoms with Crippen LogP contribution in [0.15, 0.2) is 47.1 Å². The van der Waals surface area contributed by atoms with Gasteiger partial charge in [-0.05, 0) is 24.5 Å². The quantitative estimate of drug-likeness (QED) is 0.710. The maximum absolute atomic E-state index is 10.6. The first-order valence-corrected chi connectivity index (χ1v) is 4.95. The molecule has 1 aromatic heterocycles. The van der Waals surface area contributed by atoms with E-state index in [1.165, 1.54) is 5.56 Å². The van der Waals surface area contributed by atoms with Gasteiger partial charge in [0.15, 0.2) is 12.0 Å². The zero-order valence-corrected chi connectivity index (χ0v) is 8.35. The van der Waals surface area contributed by atoms with Crippen LogP contribution in [0.4, 0.5) is 0 Å². The minimum atomic E-state index is 0.450. The summed E-state index contributed by atoms with van der Waals surface area (Å²) in [6.45, 7) is 0. The number of furan rings is 1. The molecule has 2 nitrogen and oxygen atoms in total. The fourth-order valence-corrected chi connectivity index (χ4v) is 1.58. The van der Waals surface area contributed by atoms with E-state index in [1.54, 1.807) is 6.26 Å². The topological polar surface area (TPSA) is 30.2 Å². The van der Waals surface area contributed by atoms with E-state index in [0.717, 1.165) is 24.7 Å². The van der Waals surface area contributed by atoms with Gasteiger partial charge in [0.2, 0.25) is 0 Å². The molecule has 2 aromatic rings. The van der Waals surface area contributed by atoms with Crippen LogP contribution in [0.1, 0.15) is 21.7 Å². The summed E-state index contributed by atoms with van der Waals surface area (Å²) in [5.74, 6) is 0.450. The molecule has 0 radical (unpaired) electrons. The molecule has 1 heterocycles. The van der Waals surface area contributed by atoms with Crippen LogP contribution < -0.4 is 0 Å². The Bertz CT molecular complexity index is 429. The maximum Gasteiger partial charge on any atom is 0.185 e. The van der Waals surface area contributed by atoms with Gasteiger partial charge in [-0.1, -0.05) is 30.3 Å². The summed E-state index contributed by atoms with van der Waals surface area (Å²) in [6, 6.07) is 12.1. The summed E-state index contributed by atoms with van der Waals surface area (Å²) in [5, 5.41) is 0. The molecule has 0 bridgehead atoms. The molecule has 0 aliphatic carbocycles. The smallest absolute Gasteiger partial charge is 0.185 e. The van der Waals surface area contributed by atoms with E-state index in [-0.39, 0.29) is 0 Å². The lowest BCUT2D eigenvalue weighted by Crippen LogP contribution is -1.92. The highest BCUT2D eigenvalue weighted by Crippen LogP contribution is 2.11. The van der Waals surface area contributed by atoms with Gasteiger partial charge in [-0.2, -0.15) is 0 Å². The van der Waals surface area contributed by atoms with Gasteiger partial charge in [0, 0.05) is 5.56 Å². The van der Waals surface area contributed by atoms with Crippen LogP contribution in [0.25, 0.3) is 0 Å². The molecule has 1 aromatic carbocycles. The van der Waals surface area contributed by atoms with Crippen molar-refractivity contribution in [1.29, 1.82) is 0 Å². The zero-order valence-electron chi connectivity index (χ0n) is 8.35. The molecule has 76 valence electrons. The first-order chi connectivity index (χ1) is 7.40. The van der Waals surface area contributed by atoms with E-state index in [0.29, 0.717) is 5.76 Å². The summed E-state index contributed by atoms with van der Waals surface area (Å²) >= 11 is 0. The van der Waals surface area contributed by atoms with Crippen LogP contribution in [0.2, 0.25) is 0 Å². The minimum Gasteiger partial charge on any atom is -0.461 e. The van der Waals surface area contributed by atoms with Crippen molar-refractivity contribution in [2.75, 3.05) is 0 Å². The third-order valence-corrected chi connectivity index (χ3v) is 2.41. The van der Waals surface area contributed by atoms with Crippen LogP contribution in [0.3, 0.4) is 0 Å². The monoisotopic (exact) mass is 200 g/mol. The Hall–Kier alpha value is -1.83. The SMILES string of the molecule is O=Cc1occc1CCc1ccccc1. The Balaban J connectivity index is 2.02. The highest BCUT2D eigenvalue weighted by atomic mass is 16.3. The number of aldehydes is 1. The molecule has 0 amide bonds. The molecule has 0 atom stereocenters. The van der Waals surface area contributed by atoms with Gasteiger partial charge in [-0.25, -0.2) is 0 Å². The van der Waals surface area contributed by atoms with Gasteiger partial charge in [0.1, 0.15) is 0 Å². The van der Waals surface area contributed by atoms with E-state index in [2.05, 4.69) is 12.1 Å². The van der Waals surface area contributed by atoms with Crippen LogP contribution >= 0.6 is 0 Å². The number of benzene rings is 1. The van der Waals surface area contributed by atoms with E-state index in [1.807, 2.05) is 24.3 Å². The second-order valence-corrected chi connectivity index (χ2v) is 3.41. The van der Waals surface area contributed by atoms with Crippen molar-refractivity contribution in [3.8, 4) is 0 Å². The van der Waals surface area contributed by atoms with Gasteiger partial charge >= 0.3 is 0 Å². The Kier molecular flexibility index (Phi) is 2.98. The lowest BCUT2D eigenvalue weighted by Gasteiger charge is -1.99. The third-order valence-electron chi connectivity index (χ3n) is 2.41. The number of hydrogen-bond donors (Lipinski definition) is 0. The second-order valence-electron chi connectivity index (χ2n) is 3.41. The molecular weight excluding hydrogens is 188 g/mol. The van der Waals surface area contributed by atoms with Crippen molar-refractivity contribution < 1.29 is 9.21 Å². The standard InChI is InChI=1S/C13H12O2/c14-10-13-12(8-9-15-13)7-6-11-4-2-1-3-5-11/h1-5,8-10H,6-7H2. The molecule has 0 aliphatic rings. The van der Waals surface area contributed by atoms with Crippen LogP contribution in [0, 0.1) is 0 Å². The van der Waals surface area contributed by atoms with Gasteiger partial charge in [-0.3, -0.25) is 4.79 Å². The molecule has 15 heavy (non-hydrogen) atoms. The fourth-order valence-electron chi connectivity index (χ4n) is 1.58. The van der Waals surface area contributed by atoms with Crippen molar-refractivity contribution >= 4 is 6.29 Å². The summed E-state index contributed by atoms with van der Waals surface area (Å²) in [7, 11) is 0. The van der Waals surface area contributed by atoms with E-state index >= 15 is 0 Å². The van der Waals surface area contributed by atoms with Gasteiger partial charge in [-0.15, -0.1) is 0 Å².